The zero-order valence-corrected chi connectivity index (χ0v) is 9.58. The van der Waals surface area contributed by atoms with Crippen LogP contribution in [0.25, 0.3) is 0 Å². The van der Waals surface area contributed by atoms with E-state index in [4.69, 9.17) is 5.73 Å². The number of imide groups is 1. The minimum atomic E-state index is -0.501. The number of rotatable bonds is 3. The summed E-state index contributed by atoms with van der Waals surface area (Å²) in [5.41, 5.74) is 5.18. The Kier molecular flexibility index (Phi) is 3.85. The van der Waals surface area contributed by atoms with Crippen LogP contribution in [0.4, 0.5) is 0 Å². The number of carbonyl (C=O) groups is 2. The molecular weight excluding hydrogens is 192 g/mol. The summed E-state index contributed by atoms with van der Waals surface area (Å²) >= 11 is 0. The second-order valence-electron chi connectivity index (χ2n) is 4.38. The molecule has 1 atom stereocenters. The molecule has 0 saturated carbocycles. The average Bonchev–Trinajstić information content (AvgIpc) is 2.39. The average molecular weight is 212 g/mol. The molecule has 4 nitrogen and oxygen atoms in total. The summed E-state index contributed by atoms with van der Waals surface area (Å²) < 4.78 is 0. The molecule has 1 aliphatic rings. The van der Waals surface area contributed by atoms with Gasteiger partial charge in [-0.15, -0.1) is 0 Å². The number of amides is 2. The van der Waals surface area contributed by atoms with E-state index >= 15 is 0 Å². The molecule has 0 aromatic rings. The van der Waals surface area contributed by atoms with E-state index in [-0.39, 0.29) is 11.8 Å². The van der Waals surface area contributed by atoms with Crippen LogP contribution in [0.15, 0.2) is 0 Å². The van der Waals surface area contributed by atoms with Crippen LogP contribution in [-0.4, -0.2) is 28.8 Å². The van der Waals surface area contributed by atoms with Crippen molar-refractivity contribution in [3.63, 3.8) is 0 Å². The molecule has 0 spiro atoms. The van der Waals surface area contributed by atoms with E-state index in [9.17, 15) is 9.59 Å². The lowest BCUT2D eigenvalue weighted by Gasteiger charge is -2.37. The molecule has 1 fully saturated rings. The smallest absolute Gasteiger partial charge is 0.229 e. The zero-order valence-electron chi connectivity index (χ0n) is 9.58. The Morgan fingerprint density at radius 1 is 1.27 bits per heavy atom. The van der Waals surface area contributed by atoms with Gasteiger partial charge in [0, 0.05) is 19.4 Å². The summed E-state index contributed by atoms with van der Waals surface area (Å²) in [6, 6.07) is 0. The third kappa shape index (κ3) is 2.37. The van der Waals surface area contributed by atoms with Crippen molar-refractivity contribution in [3.05, 3.63) is 0 Å². The molecule has 2 amide bonds. The first-order valence-electron chi connectivity index (χ1n) is 5.61. The Hall–Kier alpha value is -0.900. The number of hydrogen-bond acceptors (Lipinski definition) is 3. The number of nitrogens with two attached hydrogens (primary N) is 1. The van der Waals surface area contributed by atoms with E-state index in [2.05, 4.69) is 0 Å². The van der Waals surface area contributed by atoms with Crippen LogP contribution in [-0.2, 0) is 9.59 Å². The van der Waals surface area contributed by atoms with Crippen LogP contribution in [0.3, 0.4) is 0 Å². The zero-order chi connectivity index (χ0) is 11.5. The normalized spacial score (nSPS) is 22.5. The third-order valence-corrected chi connectivity index (χ3v) is 3.27. The van der Waals surface area contributed by atoms with Gasteiger partial charge in [0.2, 0.25) is 11.8 Å². The van der Waals surface area contributed by atoms with Crippen LogP contribution >= 0.6 is 0 Å². The molecule has 0 aromatic carbocycles. The highest BCUT2D eigenvalue weighted by atomic mass is 16.2. The minimum absolute atomic E-state index is 0.0627. The number of nitrogens with zero attached hydrogens (tertiary/aromatic N) is 1. The van der Waals surface area contributed by atoms with E-state index in [0.717, 1.165) is 12.8 Å². The van der Waals surface area contributed by atoms with Gasteiger partial charge in [-0.2, -0.15) is 0 Å². The second kappa shape index (κ2) is 4.75. The van der Waals surface area contributed by atoms with Gasteiger partial charge in [0.05, 0.1) is 5.54 Å². The fourth-order valence-corrected chi connectivity index (χ4v) is 1.91. The van der Waals surface area contributed by atoms with Gasteiger partial charge in [0.15, 0.2) is 0 Å². The first kappa shape index (κ1) is 12.2. The summed E-state index contributed by atoms with van der Waals surface area (Å²) in [5.74, 6) is -0.125. The molecule has 86 valence electrons. The lowest BCUT2D eigenvalue weighted by Crippen LogP contribution is -2.56. The molecule has 2 N–H and O–H groups in total. The monoisotopic (exact) mass is 212 g/mol. The van der Waals surface area contributed by atoms with Gasteiger partial charge in [0.1, 0.15) is 0 Å². The molecule has 0 radical (unpaired) electrons. The number of hydrogen-bond donors (Lipinski definition) is 1. The van der Waals surface area contributed by atoms with Crippen molar-refractivity contribution in [1.29, 1.82) is 0 Å². The Morgan fingerprint density at radius 2 is 1.73 bits per heavy atom. The van der Waals surface area contributed by atoms with Gasteiger partial charge in [-0.1, -0.05) is 6.92 Å². The number of likely N-dealkylation sites (tertiary alicyclic amines) is 1. The predicted molar refractivity (Wildman–Crippen MR) is 58.1 cm³/mol. The summed E-state index contributed by atoms with van der Waals surface area (Å²) in [6.45, 7) is 4.17. The lowest BCUT2D eigenvalue weighted by molar-refractivity contribution is -0.150. The van der Waals surface area contributed by atoms with Gasteiger partial charge in [-0.25, -0.2) is 0 Å². The highest BCUT2D eigenvalue weighted by Crippen LogP contribution is 2.24. The summed E-state index contributed by atoms with van der Waals surface area (Å²) in [7, 11) is 0. The molecule has 1 saturated heterocycles. The maximum absolute atomic E-state index is 11.8. The summed E-state index contributed by atoms with van der Waals surface area (Å²) in [6.07, 6.45) is 3.28. The standard InChI is InChI=1S/C11H20N2O2/c1-3-11(2,8-12)13-9(14)6-4-5-7-10(13)15/h3-8,12H2,1-2H3. The van der Waals surface area contributed by atoms with Crippen molar-refractivity contribution in [2.24, 2.45) is 5.73 Å². The Balaban J connectivity index is 2.96. The van der Waals surface area contributed by atoms with E-state index in [0.29, 0.717) is 25.8 Å². The van der Waals surface area contributed by atoms with Crippen LogP contribution in [0, 0.1) is 0 Å². The second-order valence-corrected chi connectivity index (χ2v) is 4.38. The first-order chi connectivity index (χ1) is 7.05. The lowest BCUT2D eigenvalue weighted by atomic mass is 9.96. The third-order valence-electron chi connectivity index (χ3n) is 3.27. The van der Waals surface area contributed by atoms with Crippen LogP contribution in [0.1, 0.15) is 46.0 Å². The quantitative estimate of drug-likeness (QED) is 0.711. The van der Waals surface area contributed by atoms with Gasteiger partial charge < -0.3 is 5.73 Å². The highest BCUT2D eigenvalue weighted by Gasteiger charge is 2.37. The Bertz CT molecular complexity index is 241. The van der Waals surface area contributed by atoms with Crippen LogP contribution < -0.4 is 5.73 Å². The molecule has 4 heteroatoms. The van der Waals surface area contributed by atoms with Gasteiger partial charge in [-0.3, -0.25) is 14.5 Å². The van der Waals surface area contributed by atoms with Crippen molar-refractivity contribution >= 4 is 11.8 Å². The van der Waals surface area contributed by atoms with Gasteiger partial charge in [0.25, 0.3) is 0 Å². The topological polar surface area (TPSA) is 63.4 Å². The Labute approximate surface area is 90.8 Å². The predicted octanol–water partition coefficient (Wildman–Crippen LogP) is 1.04. The van der Waals surface area contributed by atoms with Crippen molar-refractivity contribution in [3.8, 4) is 0 Å². The Morgan fingerprint density at radius 3 is 2.07 bits per heavy atom. The SMILES string of the molecule is CCC(C)(CN)N1C(=O)CCCCC1=O. The van der Waals surface area contributed by atoms with Crippen molar-refractivity contribution in [1.82, 2.24) is 4.90 Å². The molecular formula is C11H20N2O2. The van der Waals surface area contributed by atoms with Gasteiger partial charge >= 0.3 is 0 Å². The van der Waals surface area contributed by atoms with E-state index in [1.54, 1.807) is 0 Å². The van der Waals surface area contributed by atoms with E-state index in [1.807, 2.05) is 13.8 Å². The molecule has 0 aliphatic carbocycles. The maximum Gasteiger partial charge on any atom is 0.229 e. The summed E-state index contributed by atoms with van der Waals surface area (Å²) in [4.78, 5) is 25.1. The first-order valence-corrected chi connectivity index (χ1v) is 5.61. The molecule has 0 aromatic heterocycles. The van der Waals surface area contributed by atoms with Crippen LogP contribution in [0.5, 0.6) is 0 Å². The molecule has 15 heavy (non-hydrogen) atoms. The molecule has 0 bridgehead atoms. The largest absolute Gasteiger partial charge is 0.328 e. The highest BCUT2D eigenvalue weighted by molar-refractivity contribution is 5.97. The van der Waals surface area contributed by atoms with Crippen molar-refractivity contribution in [2.75, 3.05) is 6.54 Å². The fourth-order valence-electron chi connectivity index (χ4n) is 1.91. The number of carbonyl (C=O) groups excluding carboxylic acids is 2. The van der Waals surface area contributed by atoms with E-state index < -0.39 is 5.54 Å². The maximum atomic E-state index is 11.8. The molecule has 1 rings (SSSR count). The summed E-state index contributed by atoms with van der Waals surface area (Å²) in [5, 5.41) is 0. The van der Waals surface area contributed by atoms with Crippen LogP contribution in [0.2, 0.25) is 0 Å². The van der Waals surface area contributed by atoms with Crippen molar-refractivity contribution in [2.45, 2.75) is 51.5 Å². The molecule has 1 aliphatic heterocycles. The van der Waals surface area contributed by atoms with E-state index in [1.165, 1.54) is 4.90 Å². The minimum Gasteiger partial charge on any atom is -0.328 e. The molecule has 1 unspecified atom stereocenters. The fraction of sp³-hybridized carbons (Fsp3) is 0.818. The van der Waals surface area contributed by atoms with Gasteiger partial charge in [-0.05, 0) is 26.2 Å². The van der Waals surface area contributed by atoms with Crippen molar-refractivity contribution < 1.29 is 9.59 Å². The molecule has 1 heterocycles.